The topological polar surface area (TPSA) is 38.9 Å². The summed E-state index contributed by atoms with van der Waals surface area (Å²) in [6.45, 7) is 0. The van der Waals surface area contributed by atoms with Crippen molar-refractivity contribution in [1.82, 2.24) is 4.98 Å². The summed E-state index contributed by atoms with van der Waals surface area (Å²) in [5, 5.41) is -0.883. The molecule has 0 saturated heterocycles. The molecule has 0 aliphatic rings. The highest BCUT2D eigenvalue weighted by atomic mass is 79.9. The zero-order valence-electron chi connectivity index (χ0n) is 9.21. The second kappa shape index (κ2) is 5.51. The lowest BCUT2D eigenvalue weighted by atomic mass is 10.1. The number of thiazole rings is 1. The number of hydrogen-bond acceptors (Lipinski definition) is 3. The Hall–Kier alpha value is -0.440. The van der Waals surface area contributed by atoms with Gasteiger partial charge in [-0.1, -0.05) is 37.9 Å². The van der Waals surface area contributed by atoms with Crippen molar-refractivity contribution in [3.8, 4) is 0 Å². The van der Waals surface area contributed by atoms with Crippen molar-refractivity contribution in [2.45, 2.75) is 12.2 Å². The third-order valence-electron chi connectivity index (χ3n) is 2.37. The maximum atomic E-state index is 12.5. The fourth-order valence-electron chi connectivity index (χ4n) is 1.47. The molecule has 102 valence electrons. The van der Waals surface area contributed by atoms with Gasteiger partial charge in [-0.15, -0.1) is 11.3 Å². The molecule has 0 bridgehead atoms. The number of hydrogen-bond donors (Lipinski definition) is 1. The van der Waals surface area contributed by atoms with Crippen LogP contribution in [0.4, 0.5) is 13.2 Å². The first-order valence-corrected chi connectivity index (χ1v) is 7.42. The van der Waals surface area contributed by atoms with Crippen LogP contribution in [0.3, 0.4) is 0 Å². The summed E-state index contributed by atoms with van der Waals surface area (Å²) in [6.07, 6.45) is -3.26. The summed E-state index contributed by atoms with van der Waals surface area (Å²) < 4.78 is 39.1. The molecular weight excluding hydrogens is 409 g/mol. The minimum Gasteiger partial charge on any atom is -0.320 e. The highest BCUT2D eigenvalue weighted by Gasteiger charge is 2.35. The molecule has 0 aliphatic heterocycles. The van der Waals surface area contributed by atoms with E-state index in [0.29, 0.717) is 21.8 Å². The summed E-state index contributed by atoms with van der Waals surface area (Å²) >= 11 is 7.21. The van der Waals surface area contributed by atoms with Gasteiger partial charge in [-0.2, -0.15) is 13.2 Å². The molecule has 0 aliphatic carbocycles. The number of aromatic nitrogens is 1. The van der Waals surface area contributed by atoms with Gasteiger partial charge in [0.15, 0.2) is 5.01 Å². The van der Waals surface area contributed by atoms with E-state index < -0.39 is 17.2 Å². The number of nitrogens with two attached hydrogens (primary N) is 1. The minimum atomic E-state index is -4.43. The van der Waals surface area contributed by atoms with Gasteiger partial charge in [-0.25, -0.2) is 4.98 Å². The molecule has 0 amide bonds. The summed E-state index contributed by atoms with van der Waals surface area (Å²) in [7, 11) is 0. The monoisotopic (exact) mass is 414 g/mol. The number of benzene rings is 1. The van der Waals surface area contributed by atoms with Crippen LogP contribution in [0.2, 0.25) is 0 Å². The van der Waals surface area contributed by atoms with E-state index in [1.165, 1.54) is 6.20 Å². The lowest BCUT2D eigenvalue weighted by molar-refractivity contribution is -0.137. The van der Waals surface area contributed by atoms with Gasteiger partial charge >= 0.3 is 6.18 Å². The van der Waals surface area contributed by atoms with E-state index in [1.54, 1.807) is 18.2 Å². The summed E-state index contributed by atoms with van der Waals surface area (Å²) in [6, 6.07) is 4.69. The Kier molecular flexibility index (Phi) is 4.34. The number of alkyl halides is 3. The molecule has 2 aromatic rings. The fourth-order valence-corrected chi connectivity index (χ4v) is 3.57. The molecule has 0 saturated carbocycles. The maximum Gasteiger partial charge on any atom is 0.443 e. The third kappa shape index (κ3) is 3.36. The van der Waals surface area contributed by atoms with Gasteiger partial charge < -0.3 is 5.73 Å². The molecule has 0 spiro atoms. The van der Waals surface area contributed by atoms with E-state index in [0.717, 1.165) is 8.95 Å². The molecule has 1 unspecified atom stereocenters. The Morgan fingerprint density at radius 3 is 2.47 bits per heavy atom. The van der Waals surface area contributed by atoms with Crippen molar-refractivity contribution >= 4 is 43.2 Å². The van der Waals surface area contributed by atoms with Crippen molar-refractivity contribution in [2.24, 2.45) is 5.73 Å². The number of halogens is 5. The van der Waals surface area contributed by atoms with Crippen LogP contribution >= 0.6 is 43.2 Å². The lowest BCUT2D eigenvalue weighted by Crippen LogP contribution is -2.10. The Morgan fingerprint density at radius 1 is 1.26 bits per heavy atom. The predicted molar refractivity (Wildman–Crippen MR) is 75.0 cm³/mol. The van der Waals surface area contributed by atoms with Crippen molar-refractivity contribution in [2.75, 3.05) is 0 Å². The first kappa shape index (κ1) is 15.0. The van der Waals surface area contributed by atoms with Crippen molar-refractivity contribution in [3.05, 3.63) is 48.8 Å². The Labute approximate surface area is 128 Å². The Bertz CT molecular complexity index is 598. The zero-order valence-corrected chi connectivity index (χ0v) is 13.2. The Balaban J connectivity index is 2.34. The maximum absolute atomic E-state index is 12.5. The van der Waals surface area contributed by atoms with Gasteiger partial charge in [0.25, 0.3) is 0 Å². The molecule has 19 heavy (non-hydrogen) atoms. The van der Waals surface area contributed by atoms with Crippen LogP contribution in [0, 0.1) is 0 Å². The highest BCUT2D eigenvalue weighted by Crippen LogP contribution is 2.37. The van der Waals surface area contributed by atoms with Gasteiger partial charge in [0.2, 0.25) is 0 Å². The molecule has 1 heterocycles. The van der Waals surface area contributed by atoms with Crippen LogP contribution in [0.5, 0.6) is 0 Å². The van der Waals surface area contributed by atoms with E-state index in [9.17, 15) is 13.2 Å². The first-order valence-electron chi connectivity index (χ1n) is 5.02. The van der Waals surface area contributed by atoms with Crippen LogP contribution < -0.4 is 5.73 Å². The second-order valence-electron chi connectivity index (χ2n) is 3.71. The summed E-state index contributed by atoms with van der Waals surface area (Å²) in [4.78, 5) is 3.74. The normalized spacial score (nSPS) is 13.6. The first-order chi connectivity index (χ1) is 8.79. The van der Waals surface area contributed by atoms with Gasteiger partial charge in [0, 0.05) is 20.0 Å². The molecule has 2 nitrogen and oxygen atoms in total. The van der Waals surface area contributed by atoms with E-state index in [2.05, 4.69) is 36.8 Å². The quantitative estimate of drug-likeness (QED) is 0.769. The summed E-state index contributed by atoms with van der Waals surface area (Å²) in [5.74, 6) is 0. The van der Waals surface area contributed by atoms with E-state index >= 15 is 0 Å². The molecular formula is C11H7Br2F3N2S. The van der Waals surface area contributed by atoms with Gasteiger partial charge in [-0.3, -0.25) is 0 Å². The molecule has 2 rings (SSSR count). The van der Waals surface area contributed by atoms with Crippen LogP contribution in [0.1, 0.15) is 21.5 Å². The molecule has 0 radical (unpaired) electrons. The summed E-state index contributed by atoms with van der Waals surface area (Å²) in [5.41, 5.74) is 6.69. The predicted octanol–water partition coefficient (Wildman–Crippen LogP) is 4.74. The molecule has 1 atom stereocenters. The standard InChI is InChI=1S/C11H7Br2F3N2S/c12-5-1-2-6(7(13)3-5)9(17)8-4-18-10(19-8)11(14,15)16/h1-4,9H,17H2. The van der Waals surface area contributed by atoms with Crippen molar-refractivity contribution in [1.29, 1.82) is 0 Å². The van der Waals surface area contributed by atoms with E-state index in [4.69, 9.17) is 5.73 Å². The minimum absolute atomic E-state index is 0.371. The average molecular weight is 416 g/mol. The largest absolute Gasteiger partial charge is 0.443 e. The Morgan fingerprint density at radius 2 is 1.95 bits per heavy atom. The van der Waals surface area contributed by atoms with Gasteiger partial charge in [-0.05, 0) is 17.7 Å². The van der Waals surface area contributed by atoms with Crippen LogP contribution in [0.25, 0.3) is 0 Å². The number of nitrogens with zero attached hydrogens (tertiary/aromatic N) is 1. The molecule has 2 N–H and O–H groups in total. The van der Waals surface area contributed by atoms with Crippen LogP contribution in [0.15, 0.2) is 33.3 Å². The van der Waals surface area contributed by atoms with Crippen LogP contribution in [-0.4, -0.2) is 4.98 Å². The van der Waals surface area contributed by atoms with Crippen LogP contribution in [-0.2, 0) is 6.18 Å². The highest BCUT2D eigenvalue weighted by molar-refractivity contribution is 9.11. The van der Waals surface area contributed by atoms with Gasteiger partial charge in [0.1, 0.15) is 0 Å². The van der Waals surface area contributed by atoms with Crippen molar-refractivity contribution < 1.29 is 13.2 Å². The van der Waals surface area contributed by atoms with E-state index in [1.807, 2.05) is 0 Å². The third-order valence-corrected chi connectivity index (χ3v) is 4.68. The average Bonchev–Trinajstić information content (AvgIpc) is 2.76. The molecule has 1 aromatic heterocycles. The lowest BCUT2D eigenvalue weighted by Gasteiger charge is -2.12. The molecule has 8 heteroatoms. The van der Waals surface area contributed by atoms with E-state index in [-0.39, 0.29) is 0 Å². The smallest absolute Gasteiger partial charge is 0.320 e. The van der Waals surface area contributed by atoms with Gasteiger partial charge in [0.05, 0.1) is 6.04 Å². The SMILES string of the molecule is NC(c1cnc(C(F)(F)F)s1)c1ccc(Br)cc1Br. The number of rotatable bonds is 2. The molecule has 1 aromatic carbocycles. The van der Waals surface area contributed by atoms with Crippen molar-refractivity contribution in [3.63, 3.8) is 0 Å². The zero-order chi connectivity index (χ0) is 14.2. The second-order valence-corrected chi connectivity index (χ2v) is 6.54. The fraction of sp³-hybridized carbons (Fsp3) is 0.182. The molecule has 0 fully saturated rings.